The van der Waals surface area contributed by atoms with Crippen LogP contribution in [0.25, 0.3) is 0 Å². The molecule has 0 fully saturated rings. The van der Waals surface area contributed by atoms with Crippen LogP contribution in [0.4, 0.5) is 0 Å². The number of hydrogen-bond donors (Lipinski definition) is 2. The average molecular weight is 271 g/mol. The van der Waals surface area contributed by atoms with E-state index in [-0.39, 0.29) is 10.6 Å². The predicted molar refractivity (Wildman–Crippen MR) is 58.1 cm³/mol. The van der Waals surface area contributed by atoms with Gasteiger partial charge in [0.15, 0.2) is 5.03 Å². The number of fused-ring (bicyclic) bond motifs is 1. The molecule has 1 aromatic heterocycles. The minimum atomic E-state index is -4.09. The number of carboxylic acids is 1. The molecule has 1 aliphatic rings. The molecule has 0 radical (unpaired) electrons. The zero-order valence-corrected chi connectivity index (χ0v) is 9.79. The van der Waals surface area contributed by atoms with E-state index < -0.39 is 34.5 Å². The van der Waals surface area contributed by atoms with E-state index in [1.165, 1.54) is 18.3 Å². The highest BCUT2D eigenvalue weighted by Gasteiger charge is 2.43. The number of aromatic nitrogens is 1. The average Bonchev–Trinajstić information content (AvgIpc) is 2.51. The highest BCUT2D eigenvalue weighted by molar-refractivity contribution is 7.90. The Morgan fingerprint density at radius 3 is 2.78 bits per heavy atom. The van der Waals surface area contributed by atoms with E-state index in [9.17, 15) is 18.0 Å². The van der Waals surface area contributed by atoms with Crippen LogP contribution in [-0.2, 0) is 14.8 Å². The number of hydrogen-bond acceptors (Lipinski definition) is 6. The lowest BCUT2D eigenvalue weighted by Crippen LogP contribution is -2.45. The van der Waals surface area contributed by atoms with Crippen molar-refractivity contribution >= 4 is 21.9 Å². The standard InChI is InChI=1S/C9H9N3O5S/c10-6(9(14)15)4-12-8(13)5-2-1-3-11-7(5)18(12,16)17/h1-3,6H,4,10H2,(H,14,15). The van der Waals surface area contributed by atoms with Gasteiger partial charge in [-0.2, -0.15) is 8.42 Å². The Morgan fingerprint density at radius 2 is 2.22 bits per heavy atom. The van der Waals surface area contributed by atoms with E-state index in [4.69, 9.17) is 10.8 Å². The molecule has 1 unspecified atom stereocenters. The molecule has 0 spiro atoms. The SMILES string of the molecule is NC(CN1C(=O)c2cccnc2S1(=O)=O)C(=O)O. The van der Waals surface area contributed by atoms with E-state index in [0.29, 0.717) is 4.31 Å². The van der Waals surface area contributed by atoms with Crippen molar-refractivity contribution < 1.29 is 23.1 Å². The summed E-state index contributed by atoms with van der Waals surface area (Å²) in [6.45, 7) is -0.618. The molecular formula is C9H9N3O5S. The third-order valence-electron chi connectivity index (χ3n) is 2.44. The Balaban J connectivity index is 2.43. The zero-order valence-electron chi connectivity index (χ0n) is 8.98. The fourth-order valence-corrected chi connectivity index (χ4v) is 3.05. The lowest BCUT2D eigenvalue weighted by Gasteiger charge is -2.16. The maximum Gasteiger partial charge on any atom is 0.322 e. The van der Waals surface area contributed by atoms with E-state index in [1.54, 1.807) is 0 Å². The van der Waals surface area contributed by atoms with Crippen molar-refractivity contribution in [1.82, 2.24) is 9.29 Å². The van der Waals surface area contributed by atoms with Crippen LogP contribution in [0.1, 0.15) is 10.4 Å². The normalized spacial score (nSPS) is 18.5. The molecule has 0 saturated carbocycles. The number of carboxylic acid groups (broad SMARTS) is 1. The van der Waals surface area contributed by atoms with Gasteiger partial charge in [0.05, 0.1) is 12.1 Å². The molecule has 9 heteroatoms. The number of rotatable bonds is 3. The van der Waals surface area contributed by atoms with Crippen LogP contribution in [0.15, 0.2) is 23.4 Å². The van der Waals surface area contributed by atoms with Crippen LogP contribution in [0.5, 0.6) is 0 Å². The summed E-state index contributed by atoms with van der Waals surface area (Å²) in [5.74, 6) is -2.20. The van der Waals surface area contributed by atoms with E-state index in [0.717, 1.165) is 0 Å². The molecule has 0 saturated heterocycles. The van der Waals surface area contributed by atoms with Crippen molar-refractivity contribution in [3.05, 3.63) is 23.9 Å². The van der Waals surface area contributed by atoms with Gasteiger partial charge in [-0.05, 0) is 12.1 Å². The van der Waals surface area contributed by atoms with Crippen molar-refractivity contribution in [2.45, 2.75) is 11.1 Å². The smallest absolute Gasteiger partial charge is 0.322 e. The van der Waals surface area contributed by atoms with Crippen LogP contribution >= 0.6 is 0 Å². The Morgan fingerprint density at radius 1 is 1.56 bits per heavy atom. The number of amides is 1. The van der Waals surface area contributed by atoms with Crippen LogP contribution in [0.3, 0.4) is 0 Å². The molecule has 0 bridgehead atoms. The Labute approximate surface area is 102 Å². The Hall–Kier alpha value is -2.00. The summed E-state index contributed by atoms with van der Waals surface area (Å²) in [5.41, 5.74) is 5.16. The number of aliphatic carboxylic acids is 1. The summed E-state index contributed by atoms with van der Waals surface area (Å²) in [5, 5.41) is 8.27. The topological polar surface area (TPSA) is 131 Å². The molecule has 1 aromatic rings. The van der Waals surface area contributed by atoms with Crippen molar-refractivity contribution in [3.63, 3.8) is 0 Å². The van der Waals surface area contributed by atoms with Crippen LogP contribution < -0.4 is 5.73 Å². The summed E-state index contributed by atoms with van der Waals surface area (Å²) in [6.07, 6.45) is 1.24. The van der Waals surface area contributed by atoms with Gasteiger partial charge in [0.1, 0.15) is 6.04 Å². The van der Waals surface area contributed by atoms with Gasteiger partial charge in [-0.25, -0.2) is 9.29 Å². The number of nitrogens with two attached hydrogens (primary N) is 1. The largest absolute Gasteiger partial charge is 0.480 e. The molecule has 2 rings (SSSR count). The monoisotopic (exact) mass is 271 g/mol. The summed E-state index contributed by atoms with van der Waals surface area (Å²) in [6, 6.07) is 1.26. The second kappa shape index (κ2) is 4.03. The zero-order chi connectivity index (χ0) is 13.5. The van der Waals surface area contributed by atoms with Crippen LogP contribution in [0.2, 0.25) is 0 Å². The summed E-state index contributed by atoms with van der Waals surface area (Å²) < 4.78 is 24.3. The van der Waals surface area contributed by atoms with Gasteiger partial charge in [0.2, 0.25) is 0 Å². The number of sulfonamides is 1. The van der Waals surface area contributed by atoms with Gasteiger partial charge in [0.25, 0.3) is 15.9 Å². The third kappa shape index (κ3) is 1.73. The number of carbonyl (C=O) groups excluding carboxylic acids is 1. The molecule has 0 aliphatic carbocycles. The molecule has 1 atom stereocenters. The van der Waals surface area contributed by atoms with Crippen molar-refractivity contribution in [2.75, 3.05) is 6.54 Å². The van der Waals surface area contributed by atoms with Crippen LogP contribution in [-0.4, -0.2) is 47.3 Å². The first-order valence-electron chi connectivity index (χ1n) is 4.86. The fraction of sp³-hybridized carbons (Fsp3) is 0.222. The number of nitrogens with zero attached hydrogens (tertiary/aromatic N) is 2. The molecule has 18 heavy (non-hydrogen) atoms. The van der Waals surface area contributed by atoms with Gasteiger partial charge in [-0.3, -0.25) is 9.59 Å². The summed E-state index contributed by atoms with van der Waals surface area (Å²) in [7, 11) is -4.09. The Bertz CT molecular complexity index is 627. The number of pyridine rings is 1. The quantitative estimate of drug-likeness (QED) is 0.694. The van der Waals surface area contributed by atoms with Gasteiger partial charge >= 0.3 is 5.97 Å². The Kier molecular flexibility index (Phi) is 2.79. The lowest BCUT2D eigenvalue weighted by molar-refractivity contribution is -0.138. The van der Waals surface area contributed by atoms with Crippen molar-refractivity contribution in [1.29, 1.82) is 0 Å². The van der Waals surface area contributed by atoms with Gasteiger partial charge in [0, 0.05) is 6.20 Å². The van der Waals surface area contributed by atoms with E-state index >= 15 is 0 Å². The van der Waals surface area contributed by atoms with E-state index in [1.807, 2.05) is 0 Å². The molecule has 8 nitrogen and oxygen atoms in total. The first-order chi connectivity index (χ1) is 8.35. The first-order valence-corrected chi connectivity index (χ1v) is 6.30. The molecule has 2 heterocycles. The molecule has 1 aliphatic heterocycles. The maximum absolute atomic E-state index is 11.9. The van der Waals surface area contributed by atoms with Gasteiger partial charge < -0.3 is 10.8 Å². The highest BCUT2D eigenvalue weighted by atomic mass is 32.2. The molecule has 1 amide bonds. The second-order valence-corrected chi connectivity index (χ2v) is 5.42. The first kappa shape index (κ1) is 12.5. The fourth-order valence-electron chi connectivity index (χ4n) is 1.54. The minimum Gasteiger partial charge on any atom is -0.480 e. The molecule has 96 valence electrons. The lowest BCUT2D eigenvalue weighted by atomic mass is 10.2. The molecule has 3 N–H and O–H groups in total. The second-order valence-electron chi connectivity index (χ2n) is 3.64. The summed E-state index contributed by atoms with van der Waals surface area (Å²) >= 11 is 0. The molecule has 0 aromatic carbocycles. The third-order valence-corrected chi connectivity index (χ3v) is 4.15. The maximum atomic E-state index is 11.9. The van der Waals surface area contributed by atoms with Gasteiger partial charge in [-0.1, -0.05) is 0 Å². The van der Waals surface area contributed by atoms with Gasteiger partial charge in [-0.15, -0.1) is 0 Å². The van der Waals surface area contributed by atoms with Crippen molar-refractivity contribution in [3.8, 4) is 0 Å². The van der Waals surface area contributed by atoms with Crippen LogP contribution in [0, 0.1) is 0 Å². The van der Waals surface area contributed by atoms with E-state index in [2.05, 4.69) is 4.98 Å². The highest BCUT2D eigenvalue weighted by Crippen LogP contribution is 2.27. The molecular weight excluding hydrogens is 262 g/mol. The minimum absolute atomic E-state index is 0.0740. The predicted octanol–water partition coefficient (Wildman–Crippen LogP) is -1.36. The number of carbonyl (C=O) groups is 2. The van der Waals surface area contributed by atoms with Crippen molar-refractivity contribution in [2.24, 2.45) is 5.73 Å². The summed E-state index contributed by atoms with van der Waals surface area (Å²) in [4.78, 5) is 26.1.